The van der Waals surface area contributed by atoms with Crippen LogP contribution in [0.5, 0.6) is 0 Å². The van der Waals surface area contributed by atoms with E-state index in [9.17, 15) is 14.4 Å². The van der Waals surface area contributed by atoms with Crippen molar-refractivity contribution in [2.45, 2.75) is 18.9 Å². The number of likely N-dealkylation sites (tertiary alicyclic amines) is 1. The van der Waals surface area contributed by atoms with Crippen LogP contribution in [0.25, 0.3) is 10.8 Å². The Hall–Kier alpha value is -3.61. The third kappa shape index (κ3) is 3.03. The van der Waals surface area contributed by atoms with Crippen LogP contribution in [0.4, 0.5) is 4.79 Å². The average molecular weight is 400 g/mol. The highest BCUT2D eigenvalue weighted by Gasteiger charge is 2.41. The van der Waals surface area contributed by atoms with Gasteiger partial charge in [0.25, 0.3) is 5.91 Å². The quantitative estimate of drug-likeness (QED) is 0.776. The van der Waals surface area contributed by atoms with Gasteiger partial charge in [-0.15, -0.1) is 0 Å². The van der Waals surface area contributed by atoms with Crippen molar-refractivity contribution < 1.29 is 14.4 Å². The first-order chi connectivity index (χ1) is 14.6. The van der Waals surface area contributed by atoms with Crippen molar-refractivity contribution in [2.24, 2.45) is 10.9 Å². The number of aliphatic imine (C=N–C) groups is 1. The largest absolute Gasteiger partial charge is 0.350 e. The Bertz CT molecular complexity index is 1140. The number of rotatable bonds is 2. The molecule has 0 bridgehead atoms. The summed E-state index contributed by atoms with van der Waals surface area (Å²) >= 11 is 0. The minimum atomic E-state index is -0.508. The molecule has 0 N–H and O–H groups in total. The maximum atomic E-state index is 13.1. The number of carbonyl (C=O) groups is 3. The monoisotopic (exact) mass is 400 g/mol. The Morgan fingerprint density at radius 3 is 2.67 bits per heavy atom. The van der Waals surface area contributed by atoms with Gasteiger partial charge in [0, 0.05) is 30.7 Å². The highest BCUT2D eigenvalue weighted by atomic mass is 16.2. The molecule has 1 aliphatic carbocycles. The number of carbonyl (C=O) groups excluding carboxylic acids is 3. The van der Waals surface area contributed by atoms with Crippen LogP contribution in [0.3, 0.4) is 0 Å². The van der Waals surface area contributed by atoms with Crippen LogP contribution >= 0.6 is 0 Å². The van der Waals surface area contributed by atoms with E-state index in [-0.39, 0.29) is 17.9 Å². The van der Waals surface area contributed by atoms with Crippen molar-refractivity contribution in [3.05, 3.63) is 66.5 Å². The molecule has 2 aliphatic heterocycles. The Balaban J connectivity index is 1.32. The van der Waals surface area contributed by atoms with Gasteiger partial charge in [-0.1, -0.05) is 42.5 Å². The first-order valence-corrected chi connectivity index (χ1v) is 10.1. The molecule has 0 saturated carbocycles. The van der Waals surface area contributed by atoms with E-state index in [1.54, 1.807) is 35.4 Å². The molecule has 7 nitrogen and oxygen atoms in total. The lowest BCUT2D eigenvalue weighted by Gasteiger charge is -2.39. The molecule has 3 heterocycles. The van der Waals surface area contributed by atoms with Crippen molar-refractivity contribution in [3.8, 4) is 0 Å². The number of amides is 4. The normalized spacial score (nSPS) is 21.7. The van der Waals surface area contributed by atoms with Crippen molar-refractivity contribution in [3.63, 3.8) is 0 Å². The number of aromatic nitrogens is 1. The third-order valence-corrected chi connectivity index (χ3v) is 5.93. The predicted octanol–water partition coefficient (Wildman–Crippen LogP) is 2.98. The zero-order valence-corrected chi connectivity index (χ0v) is 16.3. The van der Waals surface area contributed by atoms with Gasteiger partial charge in [-0.3, -0.25) is 19.5 Å². The number of fused-ring (bicyclic) bond motifs is 2. The van der Waals surface area contributed by atoms with E-state index >= 15 is 0 Å². The topological polar surface area (TPSA) is 82.9 Å². The first kappa shape index (κ1) is 18.4. The van der Waals surface area contributed by atoms with Gasteiger partial charge in [-0.2, -0.15) is 4.99 Å². The lowest BCUT2D eigenvalue weighted by molar-refractivity contribution is -0.131. The summed E-state index contributed by atoms with van der Waals surface area (Å²) in [7, 11) is 0. The molecule has 7 heteroatoms. The van der Waals surface area contributed by atoms with Crippen molar-refractivity contribution in [1.29, 1.82) is 0 Å². The number of imide groups is 1. The maximum Gasteiger partial charge on any atom is 0.350 e. The van der Waals surface area contributed by atoms with Crippen LogP contribution in [0.15, 0.2) is 65.8 Å². The van der Waals surface area contributed by atoms with E-state index in [2.05, 4.69) is 9.98 Å². The Labute approximate surface area is 173 Å². The fourth-order valence-corrected chi connectivity index (χ4v) is 4.36. The standard InChI is InChI=1S/C23H20N4O3/c28-21-18-7-3-4-8-19(18)25-23(30)27(21)16-10-13-26(14-11-16)22(29)20-17-6-2-1-5-15(17)9-12-24-20/h1-9,12,16,18H,10-11,13-14H2. The Kier molecular flexibility index (Phi) is 4.50. The summed E-state index contributed by atoms with van der Waals surface area (Å²) in [4.78, 5) is 50.0. The number of allylic oxidation sites excluding steroid dienone is 3. The second kappa shape index (κ2) is 7.33. The molecule has 0 spiro atoms. The zero-order valence-electron chi connectivity index (χ0n) is 16.3. The number of urea groups is 1. The van der Waals surface area contributed by atoms with Crippen molar-refractivity contribution in [2.75, 3.05) is 13.1 Å². The minimum absolute atomic E-state index is 0.123. The van der Waals surface area contributed by atoms with Gasteiger partial charge in [0.05, 0.1) is 11.6 Å². The SMILES string of the molecule is O=C(c1nccc2ccccc12)N1CCC(N2C(=O)N=C3C=CC=CC3C2=O)CC1. The van der Waals surface area contributed by atoms with Crippen LogP contribution in [-0.2, 0) is 4.79 Å². The zero-order chi connectivity index (χ0) is 20.7. The van der Waals surface area contributed by atoms with Crippen LogP contribution in [-0.4, -0.2) is 57.5 Å². The second-order valence-corrected chi connectivity index (χ2v) is 7.65. The predicted molar refractivity (Wildman–Crippen MR) is 112 cm³/mol. The first-order valence-electron chi connectivity index (χ1n) is 10.1. The fourth-order valence-electron chi connectivity index (χ4n) is 4.36. The van der Waals surface area contributed by atoms with Gasteiger partial charge >= 0.3 is 6.03 Å². The van der Waals surface area contributed by atoms with Gasteiger partial charge in [0.15, 0.2) is 0 Å². The number of piperidine rings is 1. The van der Waals surface area contributed by atoms with Crippen LogP contribution in [0.2, 0.25) is 0 Å². The van der Waals surface area contributed by atoms with E-state index in [0.717, 1.165) is 10.8 Å². The van der Waals surface area contributed by atoms with Crippen LogP contribution in [0.1, 0.15) is 23.3 Å². The number of hydrogen-bond acceptors (Lipinski definition) is 4. The molecule has 4 amide bonds. The summed E-state index contributed by atoms with van der Waals surface area (Å²) in [6, 6.07) is 8.80. The van der Waals surface area contributed by atoms with Gasteiger partial charge in [0.1, 0.15) is 5.69 Å². The number of nitrogens with zero attached hydrogens (tertiary/aromatic N) is 4. The highest BCUT2D eigenvalue weighted by molar-refractivity contribution is 6.21. The molecule has 1 saturated heterocycles. The maximum absolute atomic E-state index is 13.1. The Morgan fingerprint density at radius 2 is 1.83 bits per heavy atom. The molecular formula is C23H20N4O3. The molecule has 5 rings (SSSR count). The average Bonchev–Trinajstić information content (AvgIpc) is 2.79. The lowest BCUT2D eigenvalue weighted by atomic mass is 9.93. The summed E-state index contributed by atoms with van der Waals surface area (Å²) in [5, 5.41) is 1.80. The summed E-state index contributed by atoms with van der Waals surface area (Å²) in [5.74, 6) is -0.847. The highest BCUT2D eigenvalue weighted by Crippen LogP contribution is 2.27. The number of pyridine rings is 1. The molecule has 3 aliphatic rings. The molecule has 1 fully saturated rings. The summed E-state index contributed by atoms with van der Waals surface area (Å²) in [5.41, 5.74) is 0.934. The molecule has 2 aromatic rings. The fraction of sp³-hybridized carbons (Fsp3) is 0.261. The molecule has 0 radical (unpaired) electrons. The summed E-state index contributed by atoms with van der Waals surface area (Å²) < 4.78 is 0. The minimum Gasteiger partial charge on any atom is -0.337 e. The van der Waals surface area contributed by atoms with Gasteiger partial charge < -0.3 is 4.90 Å². The van der Waals surface area contributed by atoms with Crippen molar-refractivity contribution >= 4 is 34.3 Å². The molecule has 150 valence electrons. The van der Waals surface area contributed by atoms with E-state index in [1.807, 2.05) is 30.3 Å². The molecular weight excluding hydrogens is 380 g/mol. The van der Waals surface area contributed by atoms with Gasteiger partial charge in [0.2, 0.25) is 5.91 Å². The Morgan fingerprint density at radius 1 is 1.03 bits per heavy atom. The van der Waals surface area contributed by atoms with E-state index in [1.165, 1.54) is 4.90 Å². The molecule has 1 aromatic heterocycles. The molecule has 1 unspecified atom stereocenters. The van der Waals surface area contributed by atoms with Crippen molar-refractivity contribution in [1.82, 2.24) is 14.8 Å². The number of hydrogen-bond donors (Lipinski definition) is 0. The van der Waals surface area contributed by atoms with E-state index in [4.69, 9.17) is 0 Å². The van der Waals surface area contributed by atoms with E-state index in [0.29, 0.717) is 37.3 Å². The smallest absolute Gasteiger partial charge is 0.337 e. The summed E-state index contributed by atoms with van der Waals surface area (Å²) in [6.45, 7) is 0.922. The third-order valence-electron chi connectivity index (χ3n) is 5.93. The number of benzene rings is 1. The van der Waals surface area contributed by atoms with Gasteiger partial charge in [-0.25, -0.2) is 4.79 Å². The molecule has 1 aromatic carbocycles. The second-order valence-electron chi connectivity index (χ2n) is 7.65. The molecule has 30 heavy (non-hydrogen) atoms. The van der Waals surface area contributed by atoms with Crippen LogP contribution in [0, 0.1) is 5.92 Å². The van der Waals surface area contributed by atoms with E-state index < -0.39 is 11.9 Å². The summed E-state index contributed by atoms with van der Waals surface area (Å²) in [6.07, 6.45) is 9.76. The lowest BCUT2D eigenvalue weighted by Crippen LogP contribution is -2.54. The van der Waals surface area contributed by atoms with Crippen LogP contribution < -0.4 is 0 Å². The van der Waals surface area contributed by atoms with Gasteiger partial charge in [-0.05, 0) is 30.4 Å². The molecule has 1 atom stereocenters.